The summed E-state index contributed by atoms with van der Waals surface area (Å²) in [5, 5.41) is 4.20. The number of hydrogen-bond acceptors (Lipinski definition) is 4. The molecule has 2 heterocycles. The number of carbonyl (C=O) groups excluding carboxylic acids is 1. The Labute approximate surface area is 141 Å². The molecule has 6 heteroatoms. The molecule has 2 rings (SSSR count). The second-order valence-corrected chi connectivity index (χ2v) is 5.17. The molecule has 0 unspecified atom stereocenters. The van der Waals surface area contributed by atoms with E-state index in [4.69, 9.17) is 4.74 Å². The maximum absolute atomic E-state index is 12.2. The summed E-state index contributed by atoms with van der Waals surface area (Å²) in [5.74, 6) is -0.382. The van der Waals surface area contributed by atoms with Crippen LogP contribution in [-0.2, 0) is 11.8 Å². The normalized spacial score (nSPS) is 11.9. The lowest BCUT2D eigenvalue weighted by molar-refractivity contribution is 0.0525. The third kappa shape index (κ3) is 3.53. The minimum Gasteiger partial charge on any atom is -0.462 e. The van der Waals surface area contributed by atoms with Crippen LogP contribution in [0, 0.1) is 0 Å². The van der Waals surface area contributed by atoms with Gasteiger partial charge in [-0.05, 0) is 26.0 Å². The Morgan fingerprint density at radius 3 is 2.75 bits per heavy atom. The number of aromatic nitrogens is 3. The van der Waals surface area contributed by atoms with Crippen molar-refractivity contribution in [2.75, 3.05) is 13.7 Å². The van der Waals surface area contributed by atoms with Crippen molar-refractivity contribution in [2.45, 2.75) is 13.8 Å². The molecule has 6 nitrogen and oxygen atoms in total. The van der Waals surface area contributed by atoms with Gasteiger partial charge in [0.15, 0.2) is 0 Å². The lowest BCUT2D eigenvalue weighted by atomic mass is 10.1. The molecule has 0 bridgehead atoms. The summed E-state index contributed by atoms with van der Waals surface area (Å²) in [4.78, 5) is 16.6. The van der Waals surface area contributed by atoms with Gasteiger partial charge >= 0.3 is 5.97 Å². The smallest absolute Gasteiger partial charge is 0.339 e. The van der Waals surface area contributed by atoms with Crippen LogP contribution in [0.3, 0.4) is 0 Å². The van der Waals surface area contributed by atoms with Gasteiger partial charge in [-0.2, -0.15) is 5.10 Å². The van der Waals surface area contributed by atoms with Crippen LogP contribution in [-0.4, -0.2) is 34.0 Å². The quantitative estimate of drug-likeness (QED) is 0.627. The van der Waals surface area contributed by atoms with Gasteiger partial charge in [-0.15, -0.1) is 0 Å². The maximum Gasteiger partial charge on any atom is 0.339 e. The SMILES string of the molecule is C=C(/C=C/C)n1cc(C(=O)OCC)cc(-c2cnn(C)c2)c1=NC. The molecular formula is C18H22N4O2. The highest BCUT2D eigenvalue weighted by molar-refractivity contribution is 5.91. The zero-order valence-electron chi connectivity index (χ0n) is 14.5. The number of allylic oxidation sites excluding steroid dienone is 3. The predicted octanol–water partition coefficient (Wildman–Crippen LogP) is 2.64. The minimum atomic E-state index is -0.382. The summed E-state index contributed by atoms with van der Waals surface area (Å²) in [6, 6.07) is 1.77. The largest absolute Gasteiger partial charge is 0.462 e. The molecule has 0 saturated carbocycles. The number of aryl methyl sites for hydroxylation is 1. The molecule has 0 aliphatic rings. The van der Waals surface area contributed by atoms with Gasteiger partial charge in [0.05, 0.1) is 18.4 Å². The summed E-state index contributed by atoms with van der Waals surface area (Å²) < 4.78 is 8.63. The van der Waals surface area contributed by atoms with Crippen LogP contribution >= 0.6 is 0 Å². The summed E-state index contributed by atoms with van der Waals surface area (Å²) in [6.45, 7) is 8.06. The topological polar surface area (TPSA) is 61.4 Å². The highest BCUT2D eigenvalue weighted by atomic mass is 16.5. The second-order valence-electron chi connectivity index (χ2n) is 5.17. The number of pyridine rings is 1. The van der Waals surface area contributed by atoms with Crippen LogP contribution < -0.4 is 5.49 Å². The Morgan fingerprint density at radius 1 is 1.46 bits per heavy atom. The van der Waals surface area contributed by atoms with Gasteiger partial charge < -0.3 is 9.30 Å². The van der Waals surface area contributed by atoms with Crippen LogP contribution in [0.25, 0.3) is 16.8 Å². The van der Waals surface area contributed by atoms with E-state index in [1.807, 2.05) is 32.3 Å². The van der Waals surface area contributed by atoms with Crippen molar-refractivity contribution in [1.29, 1.82) is 0 Å². The molecule has 0 fully saturated rings. The Kier molecular flexibility index (Phi) is 5.52. The van der Waals surface area contributed by atoms with Crippen LogP contribution in [0.2, 0.25) is 0 Å². The first-order valence-electron chi connectivity index (χ1n) is 7.69. The minimum absolute atomic E-state index is 0.316. The molecule has 0 aromatic carbocycles. The van der Waals surface area contributed by atoms with E-state index in [9.17, 15) is 4.79 Å². The molecular weight excluding hydrogens is 304 g/mol. The van der Waals surface area contributed by atoms with E-state index in [-0.39, 0.29) is 5.97 Å². The van der Waals surface area contributed by atoms with Crippen LogP contribution in [0.15, 0.2) is 48.4 Å². The van der Waals surface area contributed by atoms with Crippen LogP contribution in [0.1, 0.15) is 24.2 Å². The first-order valence-corrected chi connectivity index (χ1v) is 7.69. The maximum atomic E-state index is 12.2. The van der Waals surface area contributed by atoms with Crippen molar-refractivity contribution in [2.24, 2.45) is 12.0 Å². The highest BCUT2D eigenvalue weighted by Crippen LogP contribution is 2.18. The lowest BCUT2D eigenvalue weighted by Gasteiger charge is -2.13. The molecule has 0 atom stereocenters. The van der Waals surface area contributed by atoms with Crippen molar-refractivity contribution < 1.29 is 9.53 Å². The van der Waals surface area contributed by atoms with Gasteiger partial charge in [-0.1, -0.05) is 12.7 Å². The molecule has 0 N–H and O–H groups in total. The molecule has 0 amide bonds. The Hall–Kier alpha value is -2.89. The molecule has 0 saturated heterocycles. The van der Waals surface area contributed by atoms with Crippen molar-refractivity contribution in [3.05, 3.63) is 54.4 Å². The standard InChI is InChI=1S/C18H22N4O2/c1-6-8-13(3)22-12-14(18(23)24-7-2)9-16(17(22)19-4)15-10-20-21(5)11-15/h6,8-12H,3,7H2,1-2,4-5H3/b8-6+,19-17?. The lowest BCUT2D eigenvalue weighted by Crippen LogP contribution is -2.23. The van der Waals surface area contributed by atoms with Crippen LogP contribution in [0.5, 0.6) is 0 Å². The van der Waals surface area contributed by atoms with Gasteiger partial charge in [0.2, 0.25) is 0 Å². The van der Waals surface area contributed by atoms with E-state index in [1.54, 1.807) is 41.7 Å². The number of carbonyl (C=O) groups is 1. The first kappa shape index (κ1) is 17.5. The van der Waals surface area contributed by atoms with Gasteiger partial charge in [0.1, 0.15) is 5.49 Å². The molecule has 24 heavy (non-hydrogen) atoms. The molecule has 0 aliphatic carbocycles. The van der Waals surface area contributed by atoms with Crippen molar-refractivity contribution in [3.63, 3.8) is 0 Å². The van der Waals surface area contributed by atoms with E-state index < -0.39 is 0 Å². The summed E-state index contributed by atoms with van der Waals surface area (Å²) >= 11 is 0. The summed E-state index contributed by atoms with van der Waals surface area (Å²) in [7, 11) is 3.55. The third-order valence-corrected chi connectivity index (χ3v) is 3.44. The predicted molar refractivity (Wildman–Crippen MR) is 94.2 cm³/mol. The molecule has 0 spiro atoms. The van der Waals surface area contributed by atoms with Gasteiger partial charge in [0.25, 0.3) is 0 Å². The van der Waals surface area contributed by atoms with Crippen LogP contribution in [0.4, 0.5) is 0 Å². The van der Waals surface area contributed by atoms with Crippen molar-refractivity contribution in [3.8, 4) is 11.1 Å². The highest BCUT2D eigenvalue weighted by Gasteiger charge is 2.15. The molecule has 0 radical (unpaired) electrons. The number of hydrogen-bond donors (Lipinski definition) is 0. The molecule has 2 aromatic heterocycles. The van der Waals surface area contributed by atoms with Gasteiger partial charge in [0, 0.05) is 43.3 Å². The van der Waals surface area contributed by atoms with E-state index in [2.05, 4.69) is 16.7 Å². The van der Waals surface area contributed by atoms with E-state index in [0.717, 1.165) is 11.1 Å². The van der Waals surface area contributed by atoms with E-state index >= 15 is 0 Å². The van der Waals surface area contributed by atoms with E-state index in [0.29, 0.717) is 23.4 Å². The Bertz CT molecular complexity index is 856. The molecule has 2 aromatic rings. The van der Waals surface area contributed by atoms with Crippen molar-refractivity contribution >= 4 is 11.7 Å². The fourth-order valence-electron chi connectivity index (χ4n) is 2.41. The zero-order valence-corrected chi connectivity index (χ0v) is 14.5. The fourth-order valence-corrected chi connectivity index (χ4v) is 2.41. The average molecular weight is 326 g/mol. The first-order chi connectivity index (χ1) is 11.5. The number of nitrogens with zero attached hydrogens (tertiary/aromatic N) is 4. The van der Waals surface area contributed by atoms with E-state index in [1.165, 1.54) is 0 Å². The molecule has 126 valence electrons. The number of esters is 1. The second kappa shape index (κ2) is 7.59. The van der Waals surface area contributed by atoms with Crippen molar-refractivity contribution in [1.82, 2.24) is 14.3 Å². The molecule has 0 aliphatic heterocycles. The number of rotatable bonds is 5. The monoisotopic (exact) mass is 326 g/mol. The zero-order chi connectivity index (χ0) is 17.7. The average Bonchev–Trinajstić information content (AvgIpc) is 3.00. The Balaban J connectivity index is 2.76. The number of ether oxygens (including phenoxy) is 1. The Morgan fingerprint density at radius 2 is 2.21 bits per heavy atom. The fraction of sp³-hybridized carbons (Fsp3) is 0.278. The third-order valence-electron chi connectivity index (χ3n) is 3.44. The van der Waals surface area contributed by atoms with Gasteiger partial charge in [-0.25, -0.2) is 4.79 Å². The van der Waals surface area contributed by atoms with Gasteiger partial charge in [-0.3, -0.25) is 9.67 Å². The summed E-state index contributed by atoms with van der Waals surface area (Å²) in [5.41, 5.74) is 3.50. The summed E-state index contributed by atoms with van der Waals surface area (Å²) in [6.07, 6.45) is 9.05.